The number of halogens is 1. The van der Waals surface area contributed by atoms with E-state index in [9.17, 15) is 19.5 Å². The molecule has 0 spiro atoms. The van der Waals surface area contributed by atoms with Crippen LogP contribution in [-0.2, 0) is 9.59 Å². The summed E-state index contributed by atoms with van der Waals surface area (Å²) in [7, 11) is 0. The van der Waals surface area contributed by atoms with E-state index in [0.717, 1.165) is 24.2 Å². The smallest absolute Gasteiger partial charge is 0.254 e. The number of carbonyl (C=O) groups is 3. The maximum Gasteiger partial charge on any atom is 0.254 e. The van der Waals surface area contributed by atoms with Gasteiger partial charge in [-0.15, -0.1) is 11.3 Å². The molecule has 2 rings (SSSR count). The van der Waals surface area contributed by atoms with Crippen molar-refractivity contribution in [1.29, 1.82) is 0 Å². The van der Waals surface area contributed by atoms with E-state index in [1.54, 1.807) is 0 Å². The molecule has 1 fully saturated rings. The minimum Gasteiger partial charge on any atom is -0.372 e. The second-order valence-corrected chi connectivity index (χ2v) is 7.26. The van der Waals surface area contributed by atoms with Gasteiger partial charge >= 0.3 is 0 Å². The fourth-order valence-electron chi connectivity index (χ4n) is 2.33. The fraction of sp³-hybridized carbons (Fsp3) is 0.533. The van der Waals surface area contributed by atoms with Crippen LogP contribution in [0.1, 0.15) is 49.4 Å². The summed E-state index contributed by atoms with van der Waals surface area (Å²) in [6.07, 6.45) is 1.48. The number of hydrogen-bond acceptors (Lipinski definition) is 5. The molecule has 132 valence electrons. The molecule has 2 unspecified atom stereocenters. The average Bonchev–Trinajstić information content (AvgIpc) is 2.88. The van der Waals surface area contributed by atoms with E-state index in [2.05, 4.69) is 16.0 Å². The van der Waals surface area contributed by atoms with Crippen LogP contribution in [0.2, 0.25) is 4.34 Å². The number of aliphatic hydroxyl groups is 1. The van der Waals surface area contributed by atoms with Crippen molar-refractivity contribution in [3.63, 3.8) is 0 Å². The first-order valence-electron chi connectivity index (χ1n) is 7.78. The zero-order chi connectivity index (χ0) is 17.7. The quantitative estimate of drug-likeness (QED) is 0.610. The Morgan fingerprint density at radius 1 is 1.50 bits per heavy atom. The molecule has 0 aliphatic carbocycles. The lowest BCUT2D eigenvalue weighted by atomic mass is 10.0. The first-order chi connectivity index (χ1) is 11.4. The lowest BCUT2D eigenvalue weighted by Gasteiger charge is -2.28. The lowest BCUT2D eigenvalue weighted by Crippen LogP contribution is -2.55. The van der Waals surface area contributed by atoms with Crippen molar-refractivity contribution in [2.45, 2.75) is 51.3 Å². The van der Waals surface area contributed by atoms with Gasteiger partial charge in [-0.25, -0.2) is 0 Å². The van der Waals surface area contributed by atoms with Gasteiger partial charge in [0, 0.05) is 12.8 Å². The number of hydrogen-bond donors (Lipinski definition) is 4. The molecule has 1 saturated heterocycles. The maximum atomic E-state index is 12.4. The van der Waals surface area contributed by atoms with Crippen LogP contribution in [0.4, 0.5) is 5.00 Å². The highest BCUT2D eigenvalue weighted by atomic mass is 35.5. The minimum absolute atomic E-state index is 0.172. The molecule has 0 aromatic carbocycles. The standard InChI is InChI=1S/C15H20ClN3O4S/c1-2-3-4-11(20)19-15-8(7-10(16)24-15)13(22)17-9-5-6-12(21)18-14(9)23/h7,9,14,23H,2-6H2,1H3,(H,17,22)(H,18,21)(H,19,20). The van der Waals surface area contributed by atoms with Crippen LogP contribution in [0, 0.1) is 0 Å². The van der Waals surface area contributed by atoms with Gasteiger partial charge < -0.3 is 21.1 Å². The number of anilines is 1. The Balaban J connectivity index is 2.03. The van der Waals surface area contributed by atoms with Crippen LogP contribution in [-0.4, -0.2) is 35.1 Å². The SMILES string of the molecule is CCCCC(=O)Nc1sc(Cl)cc1C(=O)NC1CCC(=O)NC1O. The summed E-state index contributed by atoms with van der Waals surface area (Å²) in [5.41, 5.74) is 0.249. The first kappa shape index (κ1) is 18.7. The Morgan fingerprint density at radius 2 is 2.25 bits per heavy atom. The van der Waals surface area contributed by atoms with Crippen LogP contribution < -0.4 is 16.0 Å². The molecule has 1 aliphatic rings. The molecule has 0 bridgehead atoms. The van der Waals surface area contributed by atoms with Crippen molar-refractivity contribution in [3.05, 3.63) is 16.0 Å². The largest absolute Gasteiger partial charge is 0.372 e. The highest BCUT2D eigenvalue weighted by molar-refractivity contribution is 7.20. The predicted molar refractivity (Wildman–Crippen MR) is 92.1 cm³/mol. The Bertz CT molecular complexity index is 634. The highest BCUT2D eigenvalue weighted by Crippen LogP contribution is 2.32. The summed E-state index contributed by atoms with van der Waals surface area (Å²) in [5, 5.41) is 17.9. The van der Waals surface area contributed by atoms with Crippen LogP contribution in [0.25, 0.3) is 0 Å². The van der Waals surface area contributed by atoms with Gasteiger partial charge in [0.15, 0.2) is 0 Å². The third kappa shape index (κ3) is 4.93. The van der Waals surface area contributed by atoms with Crippen molar-refractivity contribution >= 4 is 45.7 Å². The van der Waals surface area contributed by atoms with Gasteiger partial charge in [-0.3, -0.25) is 14.4 Å². The van der Waals surface area contributed by atoms with Gasteiger partial charge in [-0.05, 0) is 18.9 Å². The van der Waals surface area contributed by atoms with Crippen molar-refractivity contribution in [1.82, 2.24) is 10.6 Å². The Hall–Kier alpha value is -1.64. The summed E-state index contributed by atoms with van der Waals surface area (Å²) in [4.78, 5) is 35.5. The molecule has 1 aromatic rings. The van der Waals surface area contributed by atoms with E-state index in [1.165, 1.54) is 6.07 Å². The van der Waals surface area contributed by atoms with Crippen LogP contribution in [0.5, 0.6) is 0 Å². The second-order valence-electron chi connectivity index (χ2n) is 5.58. The predicted octanol–water partition coefficient (Wildman–Crippen LogP) is 1.86. The topological polar surface area (TPSA) is 108 Å². The van der Waals surface area contributed by atoms with Gasteiger partial charge in [-0.2, -0.15) is 0 Å². The molecule has 9 heteroatoms. The average molecular weight is 374 g/mol. The van der Waals surface area contributed by atoms with Crippen LogP contribution >= 0.6 is 22.9 Å². The lowest BCUT2D eigenvalue weighted by molar-refractivity contribution is -0.127. The molecule has 24 heavy (non-hydrogen) atoms. The molecule has 4 N–H and O–H groups in total. The number of piperidine rings is 1. The fourth-order valence-corrected chi connectivity index (χ4v) is 3.47. The monoisotopic (exact) mass is 373 g/mol. The van der Waals surface area contributed by atoms with Crippen LogP contribution in [0.15, 0.2) is 6.07 Å². The number of nitrogens with one attached hydrogen (secondary N) is 3. The van der Waals surface area contributed by atoms with E-state index in [1.807, 2.05) is 6.92 Å². The van der Waals surface area contributed by atoms with Gasteiger partial charge in [0.2, 0.25) is 11.8 Å². The summed E-state index contributed by atoms with van der Waals surface area (Å²) < 4.78 is 0.378. The third-order valence-electron chi connectivity index (χ3n) is 3.65. The van der Waals surface area contributed by atoms with Crippen molar-refractivity contribution in [2.24, 2.45) is 0 Å². The van der Waals surface area contributed by atoms with Crippen LogP contribution in [0.3, 0.4) is 0 Å². The molecular weight excluding hydrogens is 354 g/mol. The zero-order valence-electron chi connectivity index (χ0n) is 13.2. The number of unbranched alkanes of at least 4 members (excludes halogenated alkanes) is 1. The van der Waals surface area contributed by atoms with E-state index in [4.69, 9.17) is 11.6 Å². The summed E-state index contributed by atoms with van der Waals surface area (Å²) in [5.74, 6) is -0.881. The van der Waals surface area contributed by atoms with Crippen molar-refractivity contribution in [3.8, 4) is 0 Å². The molecule has 7 nitrogen and oxygen atoms in total. The van der Waals surface area contributed by atoms with Crippen molar-refractivity contribution < 1.29 is 19.5 Å². The minimum atomic E-state index is -1.13. The molecule has 1 aromatic heterocycles. The van der Waals surface area contributed by atoms with E-state index in [-0.39, 0.29) is 23.8 Å². The molecule has 0 saturated carbocycles. The summed E-state index contributed by atoms with van der Waals surface area (Å²) >= 11 is 7.08. The maximum absolute atomic E-state index is 12.4. The van der Waals surface area contributed by atoms with Crippen molar-refractivity contribution in [2.75, 3.05) is 5.32 Å². The molecule has 2 atom stereocenters. The van der Waals surface area contributed by atoms with E-state index in [0.29, 0.717) is 22.2 Å². The molecule has 2 heterocycles. The Morgan fingerprint density at radius 3 is 2.92 bits per heavy atom. The summed E-state index contributed by atoms with van der Waals surface area (Å²) in [6, 6.07) is 0.891. The van der Waals surface area contributed by atoms with Gasteiger partial charge in [-0.1, -0.05) is 24.9 Å². The number of carbonyl (C=O) groups excluding carboxylic acids is 3. The Labute approximate surface area is 148 Å². The highest BCUT2D eigenvalue weighted by Gasteiger charge is 2.29. The number of amides is 3. The molecule has 0 radical (unpaired) electrons. The third-order valence-corrected chi connectivity index (χ3v) is 4.83. The van der Waals surface area contributed by atoms with Gasteiger partial charge in [0.25, 0.3) is 5.91 Å². The number of thiophene rings is 1. The first-order valence-corrected chi connectivity index (χ1v) is 8.97. The Kier molecular flexibility index (Phi) is 6.59. The summed E-state index contributed by atoms with van der Waals surface area (Å²) in [6.45, 7) is 1.99. The second kappa shape index (κ2) is 8.46. The number of aliphatic hydroxyl groups excluding tert-OH is 1. The van der Waals surface area contributed by atoms with E-state index >= 15 is 0 Å². The molecular formula is C15H20ClN3O4S. The van der Waals surface area contributed by atoms with Gasteiger partial charge in [0.05, 0.1) is 15.9 Å². The van der Waals surface area contributed by atoms with Gasteiger partial charge in [0.1, 0.15) is 11.2 Å². The zero-order valence-corrected chi connectivity index (χ0v) is 14.8. The molecule has 1 aliphatic heterocycles. The normalized spacial score (nSPS) is 20.4. The number of rotatable bonds is 6. The molecule has 3 amide bonds. The van der Waals surface area contributed by atoms with E-state index < -0.39 is 18.2 Å².